The van der Waals surface area contributed by atoms with Gasteiger partial charge in [0, 0.05) is 50.7 Å². The lowest BCUT2D eigenvalue weighted by atomic mass is 10.1. The summed E-state index contributed by atoms with van der Waals surface area (Å²) >= 11 is 0. The van der Waals surface area contributed by atoms with E-state index >= 15 is 0 Å². The van der Waals surface area contributed by atoms with Gasteiger partial charge in [-0.2, -0.15) is 0 Å². The summed E-state index contributed by atoms with van der Waals surface area (Å²) in [4.78, 5) is 20.9. The summed E-state index contributed by atoms with van der Waals surface area (Å²) < 4.78 is 0. The van der Waals surface area contributed by atoms with E-state index in [1.165, 1.54) is 5.56 Å². The van der Waals surface area contributed by atoms with Crippen LogP contribution < -0.4 is 0 Å². The molecule has 1 atom stereocenters. The molecule has 124 valence electrons. The van der Waals surface area contributed by atoms with Gasteiger partial charge in [0.2, 0.25) is 5.91 Å². The van der Waals surface area contributed by atoms with Crippen molar-refractivity contribution in [2.45, 2.75) is 13.0 Å². The monoisotopic (exact) mass is 321 g/mol. The number of aromatic nitrogens is 1. The average Bonchev–Trinajstić information content (AvgIpc) is 2.67. The quantitative estimate of drug-likeness (QED) is 0.812. The summed E-state index contributed by atoms with van der Waals surface area (Å²) in [6.07, 6.45) is 7.28. The molecule has 0 aliphatic carbocycles. The van der Waals surface area contributed by atoms with Crippen molar-refractivity contribution in [2.75, 3.05) is 26.2 Å². The minimum atomic E-state index is 0.0903. The molecule has 0 saturated carbocycles. The fraction of sp³-hybridized carbons (Fsp3) is 0.300. The van der Waals surface area contributed by atoms with Crippen LogP contribution in [0.1, 0.15) is 24.1 Å². The van der Waals surface area contributed by atoms with Gasteiger partial charge in [-0.25, -0.2) is 0 Å². The van der Waals surface area contributed by atoms with Crippen LogP contribution in [0, 0.1) is 0 Å². The highest BCUT2D eigenvalue weighted by atomic mass is 16.2. The second-order valence-electron chi connectivity index (χ2n) is 6.07. The standard InChI is InChI=1S/C20H23N3O/c1-17(19-8-5-11-21-16-19)22-12-14-23(15-13-22)20(24)10-9-18-6-3-2-4-7-18/h2-11,16-17H,12-15H2,1H3/b10-9-/t17-/m0/s1. The lowest BCUT2D eigenvalue weighted by molar-refractivity contribution is -0.127. The SMILES string of the molecule is C[C@@H](c1cccnc1)N1CCN(C(=O)/C=C\c2ccccc2)CC1. The van der Waals surface area contributed by atoms with Gasteiger partial charge in [-0.3, -0.25) is 14.7 Å². The van der Waals surface area contributed by atoms with Gasteiger partial charge in [-0.05, 0) is 30.2 Å². The highest BCUT2D eigenvalue weighted by Gasteiger charge is 2.23. The Hall–Kier alpha value is -2.46. The van der Waals surface area contributed by atoms with E-state index in [4.69, 9.17) is 0 Å². The Labute approximate surface area is 143 Å². The number of piperazine rings is 1. The Morgan fingerprint density at radius 2 is 1.83 bits per heavy atom. The van der Waals surface area contributed by atoms with Crippen molar-refractivity contribution in [3.05, 3.63) is 72.1 Å². The third-order valence-electron chi connectivity index (χ3n) is 4.56. The van der Waals surface area contributed by atoms with Gasteiger partial charge >= 0.3 is 0 Å². The third-order valence-corrected chi connectivity index (χ3v) is 4.56. The lowest BCUT2D eigenvalue weighted by Crippen LogP contribution is -2.48. The van der Waals surface area contributed by atoms with Crippen LogP contribution in [0.2, 0.25) is 0 Å². The number of benzene rings is 1. The van der Waals surface area contributed by atoms with Crippen LogP contribution in [0.4, 0.5) is 0 Å². The molecule has 1 amide bonds. The highest BCUT2D eigenvalue weighted by molar-refractivity contribution is 5.91. The van der Waals surface area contributed by atoms with E-state index in [1.807, 2.05) is 53.6 Å². The molecule has 4 nitrogen and oxygen atoms in total. The van der Waals surface area contributed by atoms with E-state index < -0.39 is 0 Å². The minimum Gasteiger partial charge on any atom is -0.337 e. The molecule has 2 aromatic rings. The molecule has 0 radical (unpaired) electrons. The van der Waals surface area contributed by atoms with E-state index in [9.17, 15) is 4.79 Å². The number of nitrogens with zero attached hydrogens (tertiary/aromatic N) is 3. The molecule has 0 spiro atoms. The van der Waals surface area contributed by atoms with E-state index in [1.54, 1.807) is 12.3 Å². The van der Waals surface area contributed by atoms with Gasteiger partial charge < -0.3 is 4.90 Å². The Morgan fingerprint density at radius 3 is 2.50 bits per heavy atom. The van der Waals surface area contributed by atoms with E-state index in [-0.39, 0.29) is 5.91 Å². The zero-order valence-corrected chi connectivity index (χ0v) is 14.0. The lowest BCUT2D eigenvalue weighted by Gasteiger charge is -2.37. The van der Waals surface area contributed by atoms with Crippen LogP contribution in [0.3, 0.4) is 0 Å². The van der Waals surface area contributed by atoms with Crippen molar-refractivity contribution in [1.29, 1.82) is 0 Å². The maximum Gasteiger partial charge on any atom is 0.246 e. The summed E-state index contributed by atoms with van der Waals surface area (Å²) in [6, 6.07) is 14.3. The molecule has 1 aliphatic heterocycles. The number of carbonyl (C=O) groups excluding carboxylic acids is 1. The zero-order valence-electron chi connectivity index (χ0n) is 14.0. The predicted molar refractivity (Wildman–Crippen MR) is 96.3 cm³/mol. The number of amides is 1. The molecular formula is C20H23N3O. The first kappa shape index (κ1) is 16.4. The van der Waals surface area contributed by atoms with Gasteiger partial charge in [-0.1, -0.05) is 36.4 Å². The Morgan fingerprint density at radius 1 is 1.08 bits per heavy atom. The fourth-order valence-electron chi connectivity index (χ4n) is 3.00. The van der Waals surface area contributed by atoms with Gasteiger partial charge in [0.05, 0.1) is 0 Å². The van der Waals surface area contributed by atoms with Crippen molar-refractivity contribution >= 4 is 12.0 Å². The van der Waals surface area contributed by atoms with Crippen LogP contribution in [0.15, 0.2) is 60.9 Å². The molecule has 4 heteroatoms. The predicted octanol–water partition coefficient (Wildman–Crippen LogP) is 3.00. The molecule has 1 fully saturated rings. The highest BCUT2D eigenvalue weighted by Crippen LogP contribution is 2.20. The van der Waals surface area contributed by atoms with Gasteiger partial charge in [-0.15, -0.1) is 0 Å². The second kappa shape index (κ2) is 7.88. The van der Waals surface area contributed by atoms with Crippen molar-refractivity contribution < 1.29 is 4.79 Å². The summed E-state index contributed by atoms with van der Waals surface area (Å²) in [5, 5.41) is 0. The van der Waals surface area contributed by atoms with E-state index in [0.29, 0.717) is 6.04 Å². The van der Waals surface area contributed by atoms with Gasteiger partial charge in [0.1, 0.15) is 0 Å². The van der Waals surface area contributed by atoms with Gasteiger partial charge in [0.15, 0.2) is 0 Å². The van der Waals surface area contributed by atoms with Crippen LogP contribution in [0.25, 0.3) is 6.08 Å². The normalized spacial score (nSPS) is 17.1. The van der Waals surface area contributed by atoms with Crippen molar-refractivity contribution in [3.63, 3.8) is 0 Å². The number of rotatable bonds is 4. The molecule has 1 saturated heterocycles. The van der Waals surface area contributed by atoms with Crippen LogP contribution in [0.5, 0.6) is 0 Å². The summed E-state index contributed by atoms with van der Waals surface area (Å²) in [6.45, 7) is 5.51. The molecule has 1 aliphatic rings. The molecule has 1 aromatic heterocycles. The molecule has 1 aromatic carbocycles. The Balaban J connectivity index is 1.53. The molecule has 2 heterocycles. The number of hydrogen-bond donors (Lipinski definition) is 0. The maximum absolute atomic E-state index is 12.3. The topological polar surface area (TPSA) is 36.4 Å². The molecule has 0 N–H and O–H groups in total. The van der Waals surface area contributed by atoms with Crippen LogP contribution >= 0.6 is 0 Å². The Bertz CT molecular complexity index is 677. The van der Waals surface area contributed by atoms with E-state index in [0.717, 1.165) is 31.7 Å². The minimum absolute atomic E-state index is 0.0903. The number of carbonyl (C=O) groups is 1. The van der Waals surface area contributed by atoms with Gasteiger partial charge in [0.25, 0.3) is 0 Å². The van der Waals surface area contributed by atoms with Crippen LogP contribution in [-0.2, 0) is 4.79 Å². The van der Waals surface area contributed by atoms with Crippen LogP contribution in [-0.4, -0.2) is 46.9 Å². The van der Waals surface area contributed by atoms with Crippen molar-refractivity contribution in [1.82, 2.24) is 14.8 Å². The first-order valence-electron chi connectivity index (χ1n) is 8.40. The largest absolute Gasteiger partial charge is 0.337 e. The van der Waals surface area contributed by atoms with Crippen molar-refractivity contribution in [3.8, 4) is 0 Å². The third kappa shape index (κ3) is 4.09. The number of pyridine rings is 1. The molecule has 24 heavy (non-hydrogen) atoms. The molecule has 3 rings (SSSR count). The molecule has 0 unspecified atom stereocenters. The van der Waals surface area contributed by atoms with Crippen molar-refractivity contribution in [2.24, 2.45) is 0 Å². The first-order chi connectivity index (χ1) is 11.7. The summed E-state index contributed by atoms with van der Waals surface area (Å²) in [5.74, 6) is 0.0903. The smallest absolute Gasteiger partial charge is 0.246 e. The molecular weight excluding hydrogens is 298 g/mol. The second-order valence-corrected chi connectivity index (χ2v) is 6.07. The zero-order chi connectivity index (χ0) is 16.8. The first-order valence-corrected chi connectivity index (χ1v) is 8.40. The molecule has 0 bridgehead atoms. The maximum atomic E-state index is 12.3. The average molecular weight is 321 g/mol. The Kier molecular flexibility index (Phi) is 5.39. The summed E-state index contributed by atoms with van der Waals surface area (Å²) in [7, 11) is 0. The number of hydrogen-bond acceptors (Lipinski definition) is 3. The van der Waals surface area contributed by atoms with E-state index in [2.05, 4.69) is 22.9 Å². The fourth-order valence-corrected chi connectivity index (χ4v) is 3.00. The summed E-state index contributed by atoms with van der Waals surface area (Å²) in [5.41, 5.74) is 2.27.